The van der Waals surface area contributed by atoms with E-state index < -0.39 is 5.97 Å². The second kappa shape index (κ2) is 9.74. The highest BCUT2D eigenvalue weighted by atomic mass is 35.5. The van der Waals surface area contributed by atoms with Gasteiger partial charge >= 0.3 is 5.97 Å². The van der Waals surface area contributed by atoms with Crippen molar-refractivity contribution in [2.24, 2.45) is 11.8 Å². The van der Waals surface area contributed by atoms with Crippen LogP contribution in [0.3, 0.4) is 0 Å². The second-order valence-electron chi connectivity index (χ2n) is 7.77. The molecular weight excluding hydrogens is 408 g/mol. The van der Waals surface area contributed by atoms with Gasteiger partial charge in [-0.2, -0.15) is 0 Å². The molecule has 1 N–H and O–H groups in total. The van der Waals surface area contributed by atoms with E-state index in [4.69, 9.17) is 16.3 Å². The maximum Gasteiger partial charge on any atom is 0.341 e. The van der Waals surface area contributed by atoms with Crippen molar-refractivity contribution < 1.29 is 14.3 Å². The molecule has 2 heterocycles. The van der Waals surface area contributed by atoms with Crippen LogP contribution in [0.25, 0.3) is 11.1 Å². The van der Waals surface area contributed by atoms with Gasteiger partial charge in [0.15, 0.2) is 0 Å². The summed E-state index contributed by atoms with van der Waals surface area (Å²) in [6.45, 7) is 8.64. The van der Waals surface area contributed by atoms with Crippen molar-refractivity contribution in [1.82, 2.24) is 4.90 Å². The summed E-state index contributed by atoms with van der Waals surface area (Å²) >= 11 is 7.32. The smallest absolute Gasteiger partial charge is 0.341 e. The summed E-state index contributed by atoms with van der Waals surface area (Å²) in [5.74, 6) is 0.621. The number of nitrogens with zero attached hydrogens (tertiary/aromatic N) is 1. The third-order valence-electron chi connectivity index (χ3n) is 4.99. The quantitative estimate of drug-likeness (QED) is 0.638. The normalized spacial score (nSPS) is 19.7. The van der Waals surface area contributed by atoms with Gasteiger partial charge in [-0.15, -0.1) is 11.3 Å². The van der Waals surface area contributed by atoms with Crippen LogP contribution in [-0.4, -0.2) is 43.0 Å². The predicted octanol–water partition coefficient (Wildman–Crippen LogP) is 5.16. The molecule has 0 bridgehead atoms. The first-order valence-corrected chi connectivity index (χ1v) is 11.2. The third-order valence-corrected chi connectivity index (χ3v) is 6.14. The average molecular weight is 435 g/mol. The maximum absolute atomic E-state index is 12.7. The van der Waals surface area contributed by atoms with E-state index in [9.17, 15) is 9.59 Å². The topological polar surface area (TPSA) is 58.6 Å². The van der Waals surface area contributed by atoms with Gasteiger partial charge in [0.1, 0.15) is 10.6 Å². The lowest BCUT2D eigenvalue weighted by Gasteiger charge is -2.34. The van der Waals surface area contributed by atoms with Crippen molar-refractivity contribution in [3.8, 4) is 11.1 Å². The molecule has 29 heavy (non-hydrogen) atoms. The molecule has 7 heteroatoms. The first kappa shape index (κ1) is 21.8. The summed E-state index contributed by atoms with van der Waals surface area (Å²) in [5, 5.41) is 5.96. The summed E-state index contributed by atoms with van der Waals surface area (Å²) in [4.78, 5) is 27.5. The molecule has 0 aliphatic carbocycles. The molecule has 156 valence electrons. The first-order valence-electron chi connectivity index (χ1n) is 9.94. The summed E-state index contributed by atoms with van der Waals surface area (Å²) in [7, 11) is 0. The number of ether oxygens (including phenoxy) is 1. The van der Waals surface area contributed by atoms with Crippen LogP contribution in [0.1, 0.15) is 37.6 Å². The number of rotatable bonds is 6. The fourth-order valence-corrected chi connectivity index (χ4v) is 5.09. The number of halogens is 1. The second-order valence-corrected chi connectivity index (χ2v) is 9.09. The summed E-state index contributed by atoms with van der Waals surface area (Å²) < 4.78 is 5.25. The van der Waals surface area contributed by atoms with E-state index in [1.807, 2.05) is 17.5 Å². The largest absolute Gasteiger partial charge is 0.462 e. The minimum Gasteiger partial charge on any atom is -0.462 e. The Morgan fingerprint density at radius 1 is 1.21 bits per heavy atom. The number of hydrogen-bond acceptors (Lipinski definition) is 5. The molecule has 2 atom stereocenters. The Hall–Kier alpha value is -1.89. The van der Waals surface area contributed by atoms with Crippen LogP contribution in [0, 0.1) is 11.8 Å². The third kappa shape index (κ3) is 5.59. The molecule has 3 rings (SSSR count). The Morgan fingerprint density at radius 2 is 1.86 bits per heavy atom. The highest BCUT2D eigenvalue weighted by Gasteiger charge is 2.26. The van der Waals surface area contributed by atoms with E-state index in [2.05, 4.69) is 24.1 Å². The van der Waals surface area contributed by atoms with E-state index in [0.29, 0.717) is 34.0 Å². The highest BCUT2D eigenvalue weighted by molar-refractivity contribution is 7.15. The van der Waals surface area contributed by atoms with Gasteiger partial charge < -0.3 is 10.1 Å². The van der Waals surface area contributed by atoms with Gasteiger partial charge in [-0.05, 0) is 42.9 Å². The Morgan fingerprint density at radius 3 is 2.48 bits per heavy atom. The summed E-state index contributed by atoms with van der Waals surface area (Å²) in [6, 6.07) is 7.27. The Labute approximate surface area is 181 Å². The molecule has 0 spiro atoms. The number of amides is 1. The highest BCUT2D eigenvalue weighted by Crippen LogP contribution is 2.36. The monoisotopic (exact) mass is 434 g/mol. The van der Waals surface area contributed by atoms with E-state index in [-0.39, 0.29) is 12.5 Å². The van der Waals surface area contributed by atoms with Gasteiger partial charge in [0.25, 0.3) is 0 Å². The minimum absolute atomic E-state index is 0.110. The molecule has 0 unspecified atom stereocenters. The molecule has 2 aromatic rings. The molecule has 1 amide bonds. The number of nitrogens with one attached hydrogen (secondary N) is 1. The molecule has 1 aromatic carbocycles. The van der Waals surface area contributed by atoms with Crippen LogP contribution in [-0.2, 0) is 9.53 Å². The van der Waals surface area contributed by atoms with Crippen molar-refractivity contribution in [1.29, 1.82) is 0 Å². The molecule has 1 aromatic heterocycles. The fraction of sp³-hybridized carbons (Fsp3) is 0.455. The molecule has 5 nitrogen and oxygen atoms in total. The SMILES string of the molecule is CCOC(=O)c1c(-c2ccc(Cl)cc2)csc1NC(=O)CN1C[C@H](C)C[C@H](C)C1. The van der Waals surface area contributed by atoms with Gasteiger partial charge in [0, 0.05) is 29.1 Å². The maximum atomic E-state index is 12.7. The zero-order valence-electron chi connectivity index (χ0n) is 17.0. The van der Waals surface area contributed by atoms with Crippen molar-refractivity contribution in [3.05, 3.63) is 40.2 Å². The van der Waals surface area contributed by atoms with Gasteiger partial charge in [0.05, 0.1) is 13.2 Å². The molecule has 1 saturated heterocycles. The average Bonchev–Trinajstić information content (AvgIpc) is 3.05. The van der Waals surface area contributed by atoms with Gasteiger partial charge in [-0.1, -0.05) is 37.6 Å². The van der Waals surface area contributed by atoms with Gasteiger partial charge in [0.2, 0.25) is 5.91 Å². The van der Waals surface area contributed by atoms with Crippen LogP contribution < -0.4 is 5.32 Å². The number of carbonyl (C=O) groups excluding carboxylic acids is 2. The lowest BCUT2D eigenvalue weighted by atomic mass is 9.92. The zero-order valence-corrected chi connectivity index (χ0v) is 18.6. The van der Waals surface area contributed by atoms with Crippen molar-refractivity contribution in [3.63, 3.8) is 0 Å². The molecule has 0 saturated carbocycles. The number of anilines is 1. The van der Waals surface area contributed by atoms with Crippen LogP contribution in [0.4, 0.5) is 5.00 Å². The molecule has 1 fully saturated rings. The zero-order chi connectivity index (χ0) is 21.0. The van der Waals surface area contributed by atoms with Crippen LogP contribution in [0.5, 0.6) is 0 Å². The van der Waals surface area contributed by atoms with Crippen molar-refractivity contribution in [2.75, 3.05) is 31.6 Å². The number of hydrogen-bond donors (Lipinski definition) is 1. The number of thiophene rings is 1. The summed E-state index contributed by atoms with van der Waals surface area (Å²) in [5.41, 5.74) is 1.99. The van der Waals surface area contributed by atoms with Gasteiger partial charge in [-0.25, -0.2) is 4.79 Å². The lowest BCUT2D eigenvalue weighted by molar-refractivity contribution is -0.117. The number of esters is 1. The van der Waals surface area contributed by atoms with Crippen LogP contribution in [0.15, 0.2) is 29.6 Å². The number of benzene rings is 1. The summed E-state index contributed by atoms with van der Waals surface area (Å²) in [6.07, 6.45) is 1.19. The molecular formula is C22H27ClN2O3S. The van der Waals surface area contributed by atoms with Crippen LogP contribution in [0.2, 0.25) is 5.02 Å². The standard InChI is InChI=1S/C22H27ClN2O3S/c1-4-28-22(27)20-18(16-5-7-17(23)8-6-16)13-29-21(20)24-19(26)12-25-10-14(2)9-15(3)11-25/h5-8,13-15H,4,9-12H2,1-3H3,(H,24,26)/t14-,15+. The van der Waals surface area contributed by atoms with E-state index >= 15 is 0 Å². The molecule has 0 radical (unpaired) electrons. The minimum atomic E-state index is -0.436. The lowest BCUT2D eigenvalue weighted by Crippen LogP contribution is -2.42. The number of likely N-dealkylation sites (tertiary alicyclic amines) is 1. The van der Waals surface area contributed by atoms with E-state index in [1.165, 1.54) is 17.8 Å². The number of carbonyl (C=O) groups is 2. The Kier molecular flexibility index (Phi) is 7.33. The first-order chi connectivity index (χ1) is 13.9. The molecule has 1 aliphatic rings. The molecule has 1 aliphatic heterocycles. The van der Waals surface area contributed by atoms with Crippen molar-refractivity contribution in [2.45, 2.75) is 27.2 Å². The fourth-order valence-electron chi connectivity index (χ4n) is 3.99. The van der Waals surface area contributed by atoms with E-state index in [1.54, 1.807) is 19.1 Å². The van der Waals surface area contributed by atoms with Crippen LogP contribution >= 0.6 is 22.9 Å². The predicted molar refractivity (Wildman–Crippen MR) is 119 cm³/mol. The Balaban J connectivity index is 1.80. The van der Waals surface area contributed by atoms with Crippen molar-refractivity contribution >= 4 is 39.8 Å². The Bertz CT molecular complexity index is 855. The van der Waals surface area contributed by atoms with E-state index in [0.717, 1.165) is 24.2 Å². The number of piperidine rings is 1. The van der Waals surface area contributed by atoms with Gasteiger partial charge in [-0.3, -0.25) is 9.69 Å².